The molecule has 1 aromatic rings. The molecule has 4 heteroatoms. The minimum atomic E-state index is -0.418. The summed E-state index contributed by atoms with van der Waals surface area (Å²) in [6.07, 6.45) is 1.45. The Bertz CT molecular complexity index is 182. The molecule has 0 saturated heterocycles. The Morgan fingerprint density at radius 2 is 2.62 bits per heavy atom. The van der Waals surface area contributed by atoms with Crippen LogP contribution in [-0.4, -0.2) is 10.3 Å². The molecule has 3 nitrogen and oxygen atoms in total. The summed E-state index contributed by atoms with van der Waals surface area (Å²) in [5.41, 5.74) is 5.37. The number of nitrogens with two attached hydrogens (primary N) is 1. The molecule has 42 valence electrons. The second-order valence-electron chi connectivity index (χ2n) is 1.28. The van der Waals surface area contributed by atoms with Crippen LogP contribution in [0.2, 0.25) is 0 Å². The van der Waals surface area contributed by atoms with Crippen LogP contribution in [0.3, 0.4) is 0 Å². The van der Waals surface area contributed by atoms with Gasteiger partial charge in [0.05, 0.1) is 11.8 Å². The lowest BCUT2D eigenvalue weighted by Crippen LogP contribution is -2.08. The third-order valence-electron chi connectivity index (χ3n) is 0.717. The molecule has 1 rings (SSSR count). The molecule has 0 fully saturated rings. The molecular weight excluding hydrogens is 124 g/mol. The highest BCUT2D eigenvalue weighted by Crippen LogP contribution is 1.98. The summed E-state index contributed by atoms with van der Waals surface area (Å²) in [5, 5.41) is 1.61. The van der Waals surface area contributed by atoms with Crippen LogP contribution in [0.25, 0.3) is 0 Å². The first kappa shape index (κ1) is 5.24. The van der Waals surface area contributed by atoms with Gasteiger partial charge in [0, 0.05) is 5.38 Å². The van der Waals surface area contributed by atoms with Gasteiger partial charge in [-0.05, 0) is 11.5 Å². The van der Waals surface area contributed by atoms with Crippen molar-refractivity contribution in [2.45, 2.75) is 0 Å². The Labute approximate surface area is 50.3 Å². The van der Waals surface area contributed by atoms with Gasteiger partial charge in [-0.25, -0.2) is 4.37 Å². The van der Waals surface area contributed by atoms with Crippen molar-refractivity contribution < 1.29 is 4.79 Å². The number of rotatable bonds is 1. The normalized spacial score (nSPS) is 9.00. The summed E-state index contributed by atoms with van der Waals surface area (Å²) >= 11 is 1.22. The predicted molar refractivity (Wildman–Crippen MR) is 30.6 cm³/mol. The number of primary amides is 1. The van der Waals surface area contributed by atoms with Crippen molar-refractivity contribution in [1.29, 1.82) is 0 Å². The summed E-state index contributed by atoms with van der Waals surface area (Å²) in [5.74, 6) is -0.418. The fraction of sp³-hybridized carbons (Fsp3) is 0. The van der Waals surface area contributed by atoms with Crippen LogP contribution in [0.5, 0.6) is 0 Å². The molecular formula is C4H4N2OS. The van der Waals surface area contributed by atoms with Gasteiger partial charge >= 0.3 is 0 Å². The SMILES string of the molecule is NC(=O)c1cnsc1. The van der Waals surface area contributed by atoms with Gasteiger partial charge in [0.15, 0.2) is 0 Å². The molecule has 0 aromatic carbocycles. The van der Waals surface area contributed by atoms with Gasteiger partial charge in [-0.1, -0.05) is 0 Å². The van der Waals surface area contributed by atoms with Crippen LogP contribution in [0, 0.1) is 0 Å². The third kappa shape index (κ3) is 0.840. The van der Waals surface area contributed by atoms with E-state index in [0.717, 1.165) is 0 Å². The summed E-state index contributed by atoms with van der Waals surface area (Å²) in [7, 11) is 0. The smallest absolute Gasteiger partial charge is 0.251 e. The van der Waals surface area contributed by atoms with Crippen LogP contribution >= 0.6 is 11.5 Å². The van der Waals surface area contributed by atoms with Gasteiger partial charge in [-0.3, -0.25) is 4.79 Å². The fourth-order valence-corrected chi connectivity index (χ4v) is 0.852. The van der Waals surface area contributed by atoms with Crippen molar-refractivity contribution in [1.82, 2.24) is 4.37 Å². The van der Waals surface area contributed by atoms with E-state index in [1.165, 1.54) is 17.7 Å². The highest BCUT2D eigenvalue weighted by molar-refractivity contribution is 7.03. The monoisotopic (exact) mass is 128 g/mol. The van der Waals surface area contributed by atoms with Gasteiger partial charge < -0.3 is 5.73 Å². The van der Waals surface area contributed by atoms with Gasteiger partial charge in [-0.15, -0.1) is 0 Å². The van der Waals surface area contributed by atoms with Crippen molar-refractivity contribution in [3.05, 3.63) is 17.1 Å². The standard InChI is InChI=1S/C4H4N2OS/c5-4(7)3-1-6-8-2-3/h1-2H,(H2,5,7). The molecule has 0 atom stereocenters. The zero-order valence-electron chi connectivity index (χ0n) is 4.00. The third-order valence-corrected chi connectivity index (χ3v) is 1.30. The van der Waals surface area contributed by atoms with E-state index in [9.17, 15) is 4.79 Å². The fourth-order valence-electron chi connectivity index (χ4n) is 0.327. The first-order valence-corrected chi connectivity index (χ1v) is 2.83. The quantitative estimate of drug-likeness (QED) is 0.589. The molecule has 8 heavy (non-hydrogen) atoms. The topological polar surface area (TPSA) is 56.0 Å². The molecule has 0 aliphatic rings. The van der Waals surface area contributed by atoms with Gasteiger partial charge in [0.25, 0.3) is 5.91 Å². The van der Waals surface area contributed by atoms with E-state index in [1.54, 1.807) is 5.38 Å². The van der Waals surface area contributed by atoms with E-state index in [1.807, 2.05) is 0 Å². The lowest BCUT2D eigenvalue weighted by molar-refractivity contribution is 0.100. The first-order chi connectivity index (χ1) is 3.80. The van der Waals surface area contributed by atoms with Crippen LogP contribution in [0.4, 0.5) is 0 Å². The molecule has 0 radical (unpaired) electrons. The van der Waals surface area contributed by atoms with E-state index >= 15 is 0 Å². The second kappa shape index (κ2) is 1.92. The van der Waals surface area contributed by atoms with E-state index in [4.69, 9.17) is 5.73 Å². The zero-order valence-corrected chi connectivity index (χ0v) is 4.81. The van der Waals surface area contributed by atoms with Gasteiger partial charge in [-0.2, -0.15) is 0 Å². The van der Waals surface area contributed by atoms with Crippen LogP contribution < -0.4 is 5.73 Å². The van der Waals surface area contributed by atoms with Crippen molar-refractivity contribution in [2.24, 2.45) is 5.73 Å². The molecule has 0 aliphatic carbocycles. The van der Waals surface area contributed by atoms with Gasteiger partial charge in [0.2, 0.25) is 0 Å². The Balaban J connectivity index is 2.93. The maximum atomic E-state index is 10.3. The Morgan fingerprint density at radius 3 is 2.88 bits per heavy atom. The number of hydrogen-bond donors (Lipinski definition) is 1. The number of nitrogens with zero attached hydrogens (tertiary/aromatic N) is 1. The molecule has 0 aliphatic heterocycles. The highest BCUT2D eigenvalue weighted by atomic mass is 32.1. The summed E-state index contributed by atoms with van der Waals surface area (Å²) in [6, 6.07) is 0. The van der Waals surface area contributed by atoms with Crippen LogP contribution in [-0.2, 0) is 0 Å². The molecule has 1 aromatic heterocycles. The Kier molecular flexibility index (Phi) is 1.26. The first-order valence-electron chi connectivity index (χ1n) is 2.00. The predicted octanol–water partition coefficient (Wildman–Crippen LogP) is 0.242. The number of carbonyl (C=O) groups excluding carboxylic acids is 1. The Hall–Kier alpha value is -0.900. The molecule has 0 unspecified atom stereocenters. The molecule has 0 saturated carbocycles. The maximum absolute atomic E-state index is 10.3. The van der Waals surface area contributed by atoms with Crippen LogP contribution in [0.1, 0.15) is 10.4 Å². The van der Waals surface area contributed by atoms with E-state index in [-0.39, 0.29) is 0 Å². The maximum Gasteiger partial charge on any atom is 0.251 e. The van der Waals surface area contributed by atoms with E-state index < -0.39 is 5.91 Å². The molecule has 0 spiro atoms. The molecule has 0 bridgehead atoms. The summed E-state index contributed by atoms with van der Waals surface area (Å²) in [4.78, 5) is 10.3. The van der Waals surface area contributed by atoms with Crippen molar-refractivity contribution >= 4 is 17.4 Å². The Morgan fingerprint density at radius 1 is 1.88 bits per heavy atom. The van der Waals surface area contributed by atoms with Gasteiger partial charge in [0.1, 0.15) is 0 Å². The minimum absolute atomic E-state index is 0.418. The van der Waals surface area contributed by atoms with Crippen molar-refractivity contribution in [2.75, 3.05) is 0 Å². The van der Waals surface area contributed by atoms with E-state index in [2.05, 4.69) is 4.37 Å². The lowest BCUT2D eigenvalue weighted by atomic mass is 10.4. The molecule has 1 heterocycles. The molecule has 2 N–H and O–H groups in total. The number of amides is 1. The highest BCUT2D eigenvalue weighted by Gasteiger charge is 1.97. The van der Waals surface area contributed by atoms with Crippen LogP contribution in [0.15, 0.2) is 11.6 Å². The minimum Gasteiger partial charge on any atom is -0.366 e. The second-order valence-corrected chi connectivity index (χ2v) is 1.93. The van der Waals surface area contributed by atoms with Crippen molar-refractivity contribution in [3.8, 4) is 0 Å². The summed E-state index contributed by atoms with van der Waals surface area (Å²) < 4.78 is 3.68. The number of hydrogen-bond acceptors (Lipinski definition) is 3. The lowest BCUT2D eigenvalue weighted by Gasteiger charge is -1.78. The average molecular weight is 128 g/mol. The number of aromatic nitrogens is 1. The number of carbonyl (C=O) groups is 1. The average Bonchev–Trinajstić information content (AvgIpc) is 2.12. The van der Waals surface area contributed by atoms with E-state index in [0.29, 0.717) is 5.56 Å². The van der Waals surface area contributed by atoms with Crippen molar-refractivity contribution in [3.63, 3.8) is 0 Å². The summed E-state index contributed by atoms with van der Waals surface area (Å²) in [6.45, 7) is 0. The zero-order chi connectivity index (χ0) is 5.98. The molecule has 1 amide bonds. The largest absolute Gasteiger partial charge is 0.366 e.